The number of aromatic amines is 1. The van der Waals surface area contributed by atoms with Gasteiger partial charge in [0.15, 0.2) is 4.77 Å². The van der Waals surface area contributed by atoms with Gasteiger partial charge < -0.3 is 9.55 Å². The highest BCUT2D eigenvalue weighted by Gasteiger charge is 2.07. The molecule has 0 aliphatic rings. The maximum atomic E-state index is 13.4. The summed E-state index contributed by atoms with van der Waals surface area (Å²) in [5, 5.41) is 0. The van der Waals surface area contributed by atoms with Crippen molar-refractivity contribution in [2.75, 3.05) is 0 Å². The van der Waals surface area contributed by atoms with Crippen LogP contribution in [0.3, 0.4) is 0 Å². The van der Waals surface area contributed by atoms with Crippen LogP contribution in [0.2, 0.25) is 0 Å². The Kier molecular flexibility index (Phi) is 2.91. The summed E-state index contributed by atoms with van der Waals surface area (Å²) in [6.07, 6.45) is 0. The smallest absolute Gasteiger partial charge is 0.178 e. The maximum Gasteiger partial charge on any atom is 0.178 e. The number of fused-ring (bicyclic) bond motifs is 1. The van der Waals surface area contributed by atoms with Gasteiger partial charge in [-0.25, -0.2) is 4.39 Å². The first kappa shape index (κ1) is 12.0. The van der Waals surface area contributed by atoms with Crippen molar-refractivity contribution in [1.29, 1.82) is 0 Å². The van der Waals surface area contributed by atoms with Crippen LogP contribution in [0, 0.1) is 17.5 Å². The molecular weight excluding hydrogens is 261 g/mol. The second-order valence-corrected chi connectivity index (χ2v) is 4.83. The number of imidazole rings is 1. The Balaban J connectivity index is 2.12. The molecule has 0 saturated carbocycles. The van der Waals surface area contributed by atoms with Crippen molar-refractivity contribution in [3.8, 4) is 0 Å². The van der Waals surface area contributed by atoms with E-state index in [0.29, 0.717) is 11.3 Å². The number of hydrogen-bond donors (Lipinski definition) is 1. The summed E-state index contributed by atoms with van der Waals surface area (Å²) in [5.41, 5.74) is 3.45. The predicted octanol–water partition coefficient (Wildman–Crippen LogP) is 3.59. The largest absolute Gasteiger partial charge is 0.331 e. The standard InChI is InChI=1S/C14H12FN3S/c1-9-3-2-4-11(16-9)8-18-13-7-10(15)5-6-12(13)17-14(18)19/h2-7H,8H2,1H3,(H,17,19). The number of benzene rings is 1. The zero-order valence-electron chi connectivity index (χ0n) is 10.4. The minimum Gasteiger partial charge on any atom is -0.331 e. The predicted molar refractivity (Wildman–Crippen MR) is 75.2 cm³/mol. The van der Waals surface area contributed by atoms with E-state index in [0.717, 1.165) is 22.4 Å². The lowest BCUT2D eigenvalue weighted by Crippen LogP contribution is -2.02. The molecule has 5 heteroatoms. The Morgan fingerprint density at radius 3 is 2.95 bits per heavy atom. The van der Waals surface area contributed by atoms with Gasteiger partial charge in [-0.2, -0.15) is 0 Å². The van der Waals surface area contributed by atoms with Gasteiger partial charge in [0, 0.05) is 5.69 Å². The third-order valence-corrected chi connectivity index (χ3v) is 3.33. The van der Waals surface area contributed by atoms with Crippen molar-refractivity contribution in [3.63, 3.8) is 0 Å². The fourth-order valence-electron chi connectivity index (χ4n) is 2.13. The monoisotopic (exact) mass is 273 g/mol. The second-order valence-electron chi connectivity index (χ2n) is 4.45. The lowest BCUT2D eigenvalue weighted by molar-refractivity contribution is 0.628. The number of nitrogens with zero attached hydrogens (tertiary/aromatic N) is 2. The van der Waals surface area contributed by atoms with Crippen molar-refractivity contribution in [2.45, 2.75) is 13.5 Å². The van der Waals surface area contributed by atoms with E-state index in [4.69, 9.17) is 12.2 Å². The van der Waals surface area contributed by atoms with Crippen LogP contribution in [0.1, 0.15) is 11.4 Å². The van der Waals surface area contributed by atoms with Crippen molar-refractivity contribution < 1.29 is 4.39 Å². The normalized spacial score (nSPS) is 11.1. The molecule has 96 valence electrons. The molecule has 0 atom stereocenters. The molecular formula is C14H12FN3S. The van der Waals surface area contributed by atoms with E-state index in [1.165, 1.54) is 12.1 Å². The first-order valence-corrected chi connectivity index (χ1v) is 6.35. The van der Waals surface area contributed by atoms with Gasteiger partial charge in [0.25, 0.3) is 0 Å². The Morgan fingerprint density at radius 2 is 2.16 bits per heavy atom. The highest BCUT2D eigenvalue weighted by atomic mass is 32.1. The molecule has 0 fully saturated rings. The fourth-order valence-corrected chi connectivity index (χ4v) is 2.41. The Labute approximate surface area is 114 Å². The Morgan fingerprint density at radius 1 is 1.32 bits per heavy atom. The Hall–Kier alpha value is -2.01. The lowest BCUT2D eigenvalue weighted by atomic mass is 10.3. The number of hydrogen-bond acceptors (Lipinski definition) is 2. The van der Waals surface area contributed by atoms with Crippen LogP contribution < -0.4 is 0 Å². The first-order chi connectivity index (χ1) is 9.13. The summed E-state index contributed by atoms with van der Waals surface area (Å²) in [5.74, 6) is -0.271. The molecule has 0 saturated heterocycles. The summed E-state index contributed by atoms with van der Waals surface area (Å²) in [7, 11) is 0. The van der Waals surface area contributed by atoms with Gasteiger partial charge in [0.2, 0.25) is 0 Å². The number of nitrogens with one attached hydrogen (secondary N) is 1. The molecule has 0 aliphatic carbocycles. The number of rotatable bonds is 2. The molecule has 0 bridgehead atoms. The van der Waals surface area contributed by atoms with Gasteiger partial charge in [-0.05, 0) is 49.5 Å². The van der Waals surface area contributed by atoms with Crippen LogP contribution in [0.15, 0.2) is 36.4 Å². The maximum absolute atomic E-state index is 13.4. The van der Waals surface area contributed by atoms with Crippen LogP contribution in [0.25, 0.3) is 11.0 Å². The van der Waals surface area contributed by atoms with Crippen molar-refractivity contribution >= 4 is 23.3 Å². The van der Waals surface area contributed by atoms with E-state index in [9.17, 15) is 4.39 Å². The third-order valence-electron chi connectivity index (χ3n) is 3.00. The van der Waals surface area contributed by atoms with Crippen molar-refractivity contribution in [2.24, 2.45) is 0 Å². The molecule has 1 N–H and O–H groups in total. The number of pyridine rings is 1. The third kappa shape index (κ3) is 2.29. The van der Waals surface area contributed by atoms with Crippen LogP contribution in [0.4, 0.5) is 4.39 Å². The lowest BCUT2D eigenvalue weighted by Gasteiger charge is -2.05. The van der Waals surface area contributed by atoms with Crippen LogP contribution in [-0.4, -0.2) is 14.5 Å². The minimum atomic E-state index is -0.271. The molecule has 0 unspecified atom stereocenters. The van der Waals surface area contributed by atoms with E-state index < -0.39 is 0 Å². The summed E-state index contributed by atoms with van der Waals surface area (Å²) in [4.78, 5) is 7.52. The van der Waals surface area contributed by atoms with Crippen LogP contribution >= 0.6 is 12.2 Å². The second kappa shape index (κ2) is 4.59. The molecule has 3 nitrogen and oxygen atoms in total. The van der Waals surface area contributed by atoms with Crippen LogP contribution in [-0.2, 0) is 6.54 Å². The average Bonchev–Trinajstić information content (AvgIpc) is 2.66. The molecule has 0 aliphatic heterocycles. The van der Waals surface area contributed by atoms with Gasteiger partial charge in [-0.1, -0.05) is 6.07 Å². The van der Waals surface area contributed by atoms with E-state index in [2.05, 4.69) is 9.97 Å². The molecule has 2 aromatic heterocycles. The SMILES string of the molecule is Cc1cccc(Cn2c(=S)[nH]c3ccc(F)cc32)n1. The highest BCUT2D eigenvalue weighted by Crippen LogP contribution is 2.17. The van der Waals surface area contributed by atoms with E-state index in [1.807, 2.05) is 29.7 Å². The minimum absolute atomic E-state index is 0.271. The molecule has 2 heterocycles. The summed E-state index contributed by atoms with van der Waals surface area (Å²) in [6.45, 7) is 2.47. The molecule has 0 spiro atoms. The number of aromatic nitrogens is 3. The molecule has 3 aromatic rings. The molecule has 0 radical (unpaired) electrons. The van der Waals surface area contributed by atoms with Crippen LogP contribution in [0.5, 0.6) is 0 Å². The summed E-state index contributed by atoms with van der Waals surface area (Å²) >= 11 is 5.29. The average molecular weight is 273 g/mol. The molecule has 1 aromatic carbocycles. The quantitative estimate of drug-likeness (QED) is 0.724. The van der Waals surface area contributed by atoms with Gasteiger partial charge in [-0.3, -0.25) is 4.98 Å². The number of aryl methyl sites for hydroxylation is 1. The van der Waals surface area contributed by atoms with E-state index in [-0.39, 0.29) is 5.82 Å². The molecule has 0 amide bonds. The van der Waals surface area contributed by atoms with Gasteiger partial charge in [-0.15, -0.1) is 0 Å². The Bertz CT molecular complexity index is 804. The summed E-state index contributed by atoms with van der Waals surface area (Å²) < 4.78 is 15.8. The highest BCUT2D eigenvalue weighted by molar-refractivity contribution is 7.71. The summed E-state index contributed by atoms with van der Waals surface area (Å²) in [6, 6.07) is 10.4. The van der Waals surface area contributed by atoms with E-state index >= 15 is 0 Å². The first-order valence-electron chi connectivity index (χ1n) is 5.94. The van der Waals surface area contributed by atoms with E-state index in [1.54, 1.807) is 6.07 Å². The number of halogens is 1. The zero-order chi connectivity index (χ0) is 13.4. The van der Waals surface area contributed by atoms with Crippen molar-refractivity contribution in [3.05, 3.63) is 58.4 Å². The molecule has 3 rings (SSSR count). The van der Waals surface area contributed by atoms with Gasteiger partial charge in [0.1, 0.15) is 5.82 Å². The topological polar surface area (TPSA) is 33.6 Å². The zero-order valence-corrected chi connectivity index (χ0v) is 11.2. The molecule has 19 heavy (non-hydrogen) atoms. The van der Waals surface area contributed by atoms with Gasteiger partial charge >= 0.3 is 0 Å². The van der Waals surface area contributed by atoms with Gasteiger partial charge in [0.05, 0.1) is 23.3 Å². The number of H-pyrrole nitrogens is 1. The van der Waals surface area contributed by atoms with Crippen molar-refractivity contribution in [1.82, 2.24) is 14.5 Å². The fraction of sp³-hybridized carbons (Fsp3) is 0.143.